The Bertz CT molecular complexity index is 1180. The summed E-state index contributed by atoms with van der Waals surface area (Å²) in [5.74, 6) is -0.990. The molecule has 5 nitrogen and oxygen atoms in total. The van der Waals surface area contributed by atoms with Crippen LogP contribution < -0.4 is 4.90 Å². The van der Waals surface area contributed by atoms with Gasteiger partial charge < -0.3 is 10.0 Å². The minimum atomic E-state index is -0.703. The predicted octanol–water partition coefficient (Wildman–Crippen LogP) is 6.06. The molecular weight excluding hydrogens is 448 g/mol. The number of hydrogen-bond acceptors (Lipinski definition) is 4. The van der Waals surface area contributed by atoms with Gasteiger partial charge in [-0.15, -0.1) is 0 Å². The van der Waals surface area contributed by atoms with E-state index in [2.05, 4.69) is 34.1 Å². The Morgan fingerprint density at radius 2 is 1.76 bits per heavy atom. The number of anilines is 1. The number of carbonyl (C=O) groups is 2. The van der Waals surface area contributed by atoms with Crippen LogP contribution in [0.25, 0.3) is 0 Å². The summed E-state index contributed by atoms with van der Waals surface area (Å²) in [6.07, 6.45) is 3.33. The van der Waals surface area contributed by atoms with Crippen molar-refractivity contribution in [1.29, 1.82) is 0 Å². The maximum Gasteiger partial charge on any atom is 0.306 e. The summed E-state index contributed by atoms with van der Waals surface area (Å²) >= 11 is 6.21. The molecule has 1 aliphatic heterocycles. The first-order chi connectivity index (χ1) is 16.3. The average Bonchev–Trinajstić information content (AvgIpc) is 2.83. The SMILES string of the molecule is Cc1cc(C(=O)C[C@H](c2ccc(N3CCC(C(=O)O)CC3)cc2)c2ccc(Cl)cc2C)ccn1. The number of carbonyl (C=O) groups excluding carboxylic acids is 1. The molecule has 0 unspecified atom stereocenters. The fraction of sp³-hybridized carbons (Fsp3) is 0.321. The third kappa shape index (κ3) is 5.48. The van der Waals surface area contributed by atoms with Crippen LogP contribution in [0, 0.1) is 19.8 Å². The van der Waals surface area contributed by atoms with Crippen molar-refractivity contribution in [2.24, 2.45) is 5.92 Å². The minimum Gasteiger partial charge on any atom is -0.481 e. The Balaban J connectivity index is 1.60. The molecular formula is C28H29ClN2O3. The number of aliphatic carboxylic acids is 1. The lowest BCUT2D eigenvalue weighted by atomic mass is 9.83. The first-order valence-corrected chi connectivity index (χ1v) is 12.0. The Hall–Kier alpha value is -3.18. The Kier molecular flexibility index (Phi) is 7.32. The topological polar surface area (TPSA) is 70.5 Å². The molecule has 1 N–H and O–H groups in total. The van der Waals surface area contributed by atoms with Gasteiger partial charge in [-0.2, -0.15) is 0 Å². The molecule has 34 heavy (non-hydrogen) atoms. The number of rotatable bonds is 7. The third-order valence-corrected chi connectivity index (χ3v) is 6.96. The number of aromatic nitrogens is 1. The number of piperidine rings is 1. The maximum atomic E-state index is 13.2. The van der Waals surface area contributed by atoms with Crippen LogP contribution in [0.1, 0.15) is 57.9 Å². The van der Waals surface area contributed by atoms with E-state index in [1.165, 1.54) is 0 Å². The van der Waals surface area contributed by atoms with Gasteiger partial charge in [-0.3, -0.25) is 14.6 Å². The molecule has 3 aromatic rings. The van der Waals surface area contributed by atoms with Crippen LogP contribution in [0.5, 0.6) is 0 Å². The fourth-order valence-electron chi connectivity index (χ4n) is 4.76. The highest BCUT2D eigenvalue weighted by atomic mass is 35.5. The van der Waals surface area contributed by atoms with Gasteiger partial charge in [-0.25, -0.2) is 0 Å². The molecule has 4 rings (SSSR count). The summed E-state index contributed by atoms with van der Waals surface area (Å²) in [6, 6.07) is 17.8. The van der Waals surface area contributed by atoms with Crippen molar-refractivity contribution < 1.29 is 14.7 Å². The largest absolute Gasteiger partial charge is 0.481 e. The Labute approximate surface area is 205 Å². The number of carboxylic acids is 1. The van der Waals surface area contributed by atoms with Gasteiger partial charge in [0, 0.05) is 53.6 Å². The average molecular weight is 477 g/mol. The van der Waals surface area contributed by atoms with Crippen LogP contribution >= 0.6 is 11.6 Å². The van der Waals surface area contributed by atoms with Gasteiger partial charge in [-0.1, -0.05) is 29.8 Å². The molecule has 0 aliphatic carbocycles. The van der Waals surface area contributed by atoms with Gasteiger partial charge in [0.1, 0.15) is 0 Å². The smallest absolute Gasteiger partial charge is 0.306 e. The molecule has 1 aromatic heterocycles. The molecule has 0 saturated carbocycles. The molecule has 2 heterocycles. The molecule has 0 bridgehead atoms. The van der Waals surface area contributed by atoms with Gasteiger partial charge in [-0.05, 0) is 79.8 Å². The zero-order valence-electron chi connectivity index (χ0n) is 19.5. The highest BCUT2D eigenvalue weighted by Crippen LogP contribution is 2.34. The van der Waals surface area contributed by atoms with Crippen molar-refractivity contribution in [2.45, 2.75) is 39.0 Å². The van der Waals surface area contributed by atoms with Gasteiger partial charge in [0.25, 0.3) is 0 Å². The number of ketones is 1. The highest BCUT2D eigenvalue weighted by molar-refractivity contribution is 6.30. The number of carboxylic acid groups (broad SMARTS) is 1. The van der Waals surface area contributed by atoms with Crippen LogP contribution in [0.2, 0.25) is 5.02 Å². The number of benzene rings is 2. The third-order valence-electron chi connectivity index (χ3n) is 6.72. The zero-order chi connectivity index (χ0) is 24.2. The molecule has 0 amide bonds. The van der Waals surface area contributed by atoms with Crippen molar-refractivity contribution in [3.8, 4) is 0 Å². The van der Waals surface area contributed by atoms with E-state index >= 15 is 0 Å². The second kappa shape index (κ2) is 10.4. The monoisotopic (exact) mass is 476 g/mol. The normalized spacial score (nSPS) is 15.2. The zero-order valence-corrected chi connectivity index (χ0v) is 20.3. The molecule has 1 saturated heterocycles. The quantitative estimate of drug-likeness (QED) is 0.420. The molecule has 0 radical (unpaired) electrons. The maximum absolute atomic E-state index is 13.2. The molecule has 6 heteroatoms. The van der Waals surface area contributed by atoms with Crippen molar-refractivity contribution >= 4 is 29.0 Å². The van der Waals surface area contributed by atoms with Crippen molar-refractivity contribution in [3.63, 3.8) is 0 Å². The number of nitrogens with zero attached hydrogens (tertiary/aromatic N) is 2. The summed E-state index contributed by atoms with van der Waals surface area (Å²) < 4.78 is 0. The summed E-state index contributed by atoms with van der Waals surface area (Å²) in [6.45, 7) is 5.37. The van der Waals surface area contributed by atoms with E-state index in [4.69, 9.17) is 11.6 Å². The fourth-order valence-corrected chi connectivity index (χ4v) is 4.99. The first-order valence-electron chi connectivity index (χ1n) is 11.6. The highest BCUT2D eigenvalue weighted by Gasteiger charge is 2.25. The lowest BCUT2D eigenvalue weighted by Crippen LogP contribution is -2.36. The van der Waals surface area contributed by atoms with Gasteiger partial charge in [0.05, 0.1) is 5.92 Å². The van der Waals surface area contributed by atoms with Crippen LogP contribution in [0.4, 0.5) is 5.69 Å². The second-order valence-electron chi connectivity index (χ2n) is 9.06. The summed E-state index contributed by atoms with van der Waals surface area (Å²) in [4.78, 5) is 30.9. The standard InChI is InChI=1S/C28H29ClN2O3/c1-18-15-23(29)5-8-25(18)26(17-27(32)22-9-12-30-19(2)16-22)20-3-6-24(7-4-20)31-13-10-21(11-14-31)28(33)34/h3-9,12,15-16,21,26H,10-11,13-14,17H2,1-2H3,(H,33,34)/t26-/m1/s1. The summed E-state index contributed by atoms with van der Waals surface area (Å²) in [5, 5.41) is 9.93. The van der Waals surface area contributed by atoms with E-state index in [0.29, 0.717) is 29.8 Å². The lowest BCUT2D eigenvalue weighted by molar-refractivity contribution is -0.142. The second-order valence-corrected chi connectivity index (χ2v) is 9.49. The number of pyridine rings is 1. The van der Waals surface area contributed by atoms with E-state index < -0.39 is 5.97 Å². The molecule has 1 fully saturated rings. The summed E-state index contributed by atoms with van der Waals surface area (Å²) in [7, 11) is 0. The summed E-state index contributed by atoms with van der Waals surface area (Å²) in [5.41, 5.74) is 5.77. The van der Waals surface area contributed by atoms with Gasteiger partial charge in [0.2, 0.25) is 0 Å². The van der Waals surface area contributed by atoms with E-state index in [-0.39, 0.29) is 17.6 Å². The molecule has 0 spiro atoms. The number of aryl methyl sites for hydroxylation is 2. The van der Waals surface area contributed by atoms with Crippen molar-refractivity contribution in [3.05, 3.63) is 93.8 Å². The number of hydrogen-bond donors (Lipinski definition) is 1. The molecule has 176 valence electrons. The number of Topliss-reactive ketones (excluding diaryl/α,β-unsaturated/α-hetero) is 1. The first kappa shape index (κ1) is 24.0. The predicted molar refractivity (Wildman–Crippen MR) is 135 cm³/mol. The van der Waals surface area contributed by atoms with E-state index in [1.807, 2.05) is 38.1 Å². The molecule has 2 aromatic carbocycles. The van der Waals surface area contributed by atoms with Crippen molar-refractivity contribution in [2.75, 3.05) is 18.0 Å². The molecule has 1 atom stereocenters. The van der Waals surface area contributed by atoms with Crippen LogP contribution in [-0.4, -0.2) is 34.9 Å². The van der Waals surface area contributed by atoms with Crippen LogP contribution in [-0.2, 0) is 4.79 Å². The van der Waals surface area contributed by atoms with Crippen LogP contribution in [0.15, 0.2) is 60.8 Å². The van der Waals surface area contributed by atoms with Gasteiger partial charge in [0.15, 0.2) is 5.78 Å². The van der Waals surface area contributed by atoms with E-state index in [1.54, 1.807) is 12.3 Å². The van der Waals surface area contributed by atoms with Crippen LogP contribution in [0.3, 0.4) is 0 Å². The van der Waals surface area contributed by atoms with Crippen molar-refractivity contribution in [1.82, 2.24) is 4.98 Å². The lowest BCUT2D eigenvalue weighted by Gasteiger charge is -2.32. The Morgan fingerprint density at radius 3 is 2.38 bits per heavy atom. The number of halogens is 1. The molecule has 1 aliphatic rings. The minimum absolute atomic E-state index is 0.0738. The Morgan fingerprint density at radius 1 is 1.06 bits per heavy atom. The van der Waals surface area contributed by atoms with E-state index in [0.717, 1.165) is 41.2 Å². The van der Waals surface area contributed by atoms with E-state index in [9.17, 15) is 14.7 Å². The van der Waals surface area contributed by atoms with Gasteiger partial charge >= 0.3 is 5.97 Å².